The Hall–Kier alpha value is -2.03. The van der Waals surface area contributed by atoms with E-state index in [-0.39, 0.29) is 5.82 Å². The van der Waals surface area contributed by atoms with Gasteiger partial charge in [0, 0.05) is 17.3 Å². The Bertz CT molecular complexity index is 578. The fourth-order valence-corrected chi connectivity index (χ4v) is 1.71. The molecule has 3 heteroatoms. The van der Waals surface area contributed by atoms with Crippen molar-refractivity contribution in [2.45, 2.75) is 13.8 Å². The molecule has 0 aliphatic rings. The second-order valence-electron chi connectivity index (χ2n) is 4.03. The van der Waals surface area contributed by atoms with Crippen LogP contribution in [-0.4, -0.2) is 11.3 Å². The van der Waals surface area contributed by atoms with Crippen LogP contribution in [0.15, 0.2) is 30.5 Å². The van der Waals surface area contributed by atoms with Gasteiger partial charge in [-0.1, -0.05) is 0 Å². The quantitative estimate of drug-likeness (QED) is 0.739. The standard InChI is InChI=1S/C14H12FNO/c1-9-5-12(8-17)14(16-7-9)11-3-4-13(15)10(2)6-11/h3-8H,1-2H3. The van der Waals surface area contributed by atoms with E-state index in [0.717, 1.165) is 17.4 Å². The SMILES string of the molecule is Cc1cnc(-c2ccc(F)c(C)c2)c(C=O)c1. The molecule has 1 aromatic carbocycles. The maximum atomic E-state index is 13.2. The highest BCUT2D eigenvalue weighted by Gasteiger charge is 2.08. The molecule has 1 heterocycles. The van der Waals surface area contributed by atoms with Crippen molar-refractivity contribution in [3.8, 4) is 11.3 Å². The molecule has 86 valence electrons. The number of nitrogens with zero attached hydrogens (tertiary/aromatic N) is 1. The smallest absolute Gasteiger partial charge is 0.152 e. The van der Waals surface area contributed by atoms with Gasteiger partial charge in [0.05, 0.1) is 5.69 Å². The summed E-state index contributed by atoms with van der Waals surface area (Å²) in [6, 6.07) is 6.49. The average molecular weight is 229 g/mol. The van der Waals surface area contributed by atoms with Gasteiger partial charge in [-0.3, -0.25) is 9.78 Å². The minimum Gasteiger partial charge on any atom is -0.298 e. The molecule has 0 N–H and O–H groups in total. The number of hydrogen-bond acceptors (Lipinski definition) is 2. The van der Waals surface area contributed by atoms with E-state index >= 15 is 0 Å². The molecule has 0 bridgehead atoms. The van der Waals surface area contributed by atoms with Crippen molar-refractivity contribution in [3.63, 3.8) is 0 Å². The molecule has 0 aliphatic carbocycles. The van der Waals surface area contributed by atoms with Gasteiger partial charge in [0.25, 0.3) is 0 Å². The molecule has 0 radical (unpaired) electrons. The number of benzene rings is 1. The van der Waals surface area contributed by atoms with Gasteiger partial charge in [0.15, 0.2) is 6.29 Å². The third-order valence-electron chi connectivity index (χ3n) is 2.61. The molecular weight excluding hydrogens is 217 g/mol. The molecule has 0 fully saturated rings. The lowest BCUT2D eigenvalue weighted by atomic mass is 10.0. The van der Waals surface area contributed by atoms with Crippen molar-refractivity contribution in [1.82, 2.24) is 4.98 Å². The van der Waals surface area contributed by atoms with Gasteiger partial charge in [0.1, 0.15) is 5.82 Å². The van der Waals surface area contributed by atoms with Crippen molar-refractivity contribution in [3.05, 3.63) is 53.0 Å². The fraction of sp³-hybridized carbons (Fsp3) is 0.143. The molecule has 0 atom stereocenters. The molecule has 0 saturated heterocycles. The summed E-state index contributed by atoms with van der Waals surface area (Å²) in [5.41, 5.74) is 3.34. The number of aryl methyl sites for hydroxylation is 2. The van der Waals surface area contributed by atoms with Gasteiger partial charge in [-0.25, -0.2) is 4.39 Å². The molecule has 0 aliphatic heterocycles. The summed E-state index contributed by atoms with van der Waals surface area (Å²) < 4.78 is 13.2. The minimum absolute atomic E-state index is 0.256. The number of halogens is 1. The number of carbonyl (C=O) groups is 1. The van der Waals surface area contributed by atoms with Gasteiger partial charge in [-0.2, -0.15) is 0 Å². The first-order valence-electron chi connectivity index (χ1n) is 5.30. The van der Waals surface area contributed by atoms with Crippen LogP contribution in [0.3, 0.4) is 0 Å². The first-order chi connectivity index (χ1) is 8.11. The van der Waals surface area contributed by atoms with Gasteiger partial charge >= 0.3 is 0 Å². The van der Waals surface area contributed by atoms with Crippen LogP contribution >= 0.6 is 0 Å². The van der Waals surface area contributed by atoms with E-state index < -0.39 is 0 Å². The Morgan fingerprint density at radius 2 is 2.00 bits per heavy atom. The molecule has 1 aromatic heterocycles. The molecule has 0 spiro atoms. The lowest BCUT2D eigenvalue weighted by molar-refractivity contribution is 0.112. The van der Waals surface area contributed by atoms with Crippen molar-refractivity contribution in [2.24, 2.45) is 0 Å². The second kappa shape index (κ2) is 4.45. The highest BCUT2D eigenvalue weighted by atomic mass is 19.1. The molecule has 17 heavy (non-hydrogen) atoms. The zero-order chi connectivity index (χ0) is 12.4. The van der Waals surface area contributed by atoms with Crippen molar-refractivity contribution in [2.75, 3.05) is 0 Å². The Kier molecular flexibility index (Phi) is 3.00. The predicted molar refractivity (Wildman–Crippen MR) is 64.5 cm³/mol. The van der Waals surface area contributed by atoms with E-state index in [9.17, 15) is 9.18 Å². The molecule has 2 rings (SSSR count). The summed E-state index contributed by atoms with van der Waals surface area (Å²) in [5.74, 6) is -0.256. The van der Waals surface area contributed by atoms with Crippen LogP contribution in [0.5, 0.6) is 0 Å². The second-order valence-corrected chi connectivity index (χ2v) is 4.03. The molecular formula is C14H12FNO. The molecule has 0 amide bonds. The molecule has 0 saturated carbocycles. The third kappa shape index (κ3) is 2.23. The number of hydrogen-bond donors (Lipinski definition) is 0. The topological polar surface area (TPSA) is 30.0 Å². The van der Waals surface area contributed by atoms with Gasteiger partial charge in [-0.05, 0) is 49.2 Å². The average Bonchev–Trinajstić information content (AvgIpc) is 2.32. The van der Waals surface area contributed by atoms with Crippen LogP contribution in [0, 0.1) is 19.7 Å². The number of aldehydes is 1. The zero-order valence-electron chi connectivity index (χ0n) is 9.70. The first-order valence-corrected chi connectivity index (χ1v) is 5.30. The van der Waals surface area contributed by atoms with E-state index in [1.807, 2.05) is 6.92 Å². The maximum Gasteiger partial charge on any atom is 0.152 e. The summed E-state index contributed by atoms with van der Waals surface area (Å²) in [5, 5.41) is 0. The van der Waals surface area contributed by atoms with Crippen molar-refractivity contribution in [1.29, 1.82) is 0 Å². The lowest BCUT2D eigenvalue weighted by Gasteiger charge is -2.06. The zero-order valence-corrected chi connectivity index (χ0v) is 9.70. The Labute approximate surface area is 99.1 Å². The molecule has 2 nitrogen and oxygen atoms in total. The van der Waals surface area contributed by atoms with Gasteiger partial charge in [0.2, 0.25) is 0 Å². The van der Waals surface area contributed by atoms with E-state index in [2.05, 4.69) is 4.98 Å². The number of rotatable bonds is 2. The predicted octanol–water partition coefficient (Wildman–Crippen LogP) is 3.32. The van der Waals surface area contributed by atoms with E-state index in [4.69, 9.17) is 0 Å². The summed E-state index contributed by atoms with van der Waals surface area (Å²) in [6.07, 6.45) is 2.47. The Balaban J connectivity index is 2.59. The van der Waals surface area contributed by atoms with Crippen LogP contribution in [0.2, 0.25) is 0 Å². The summed E-state index contributed by atoms with van der Waals surface area (Å²) >= 11 is 0. The number of carbonyl (C=O) groups excluding carboxylic acids is 1. The number of pyridine rings is 1. The summed E-state index contributed by atoms with van der Waals surface area (Å²) in [7, 11) is 0. The lowest BCUT2D eigenvalue weighted by Crippen LogP contribution is -1.94. The summed E-state index contributed by atoms with van der Waals surface area (Å²) in [6.45, 7) is 3.56. The molecule has 2 aromatic rings. The monoisotopic (exact) mass is 229 g/mol. The highest BCUT2D eigenvalue weighted by molar-refractivity contribution is 5.85. The van der Waals surface area contributed by atoms with Crippen LogP contribution in [0.1, 0.15) is 21.5 Å². The maximum absolute atomic E-state index is 13.2. The molecule has 0 unspecified atom stereocenters. The number of aromatic nitrogens is 1. The van der Waals surface area contributed by atoms with Crippen LogP contribution in [-0.2, 0) is 0 Å². The van der Waals surface area contributed by atoms with E-state index in [1.54, 1.807) is 31.3 Å². The van der Waals surface area contributed by atoms with E-state index in [0.29, 0.717) is 16.8 Å². The Morgan fingerprint density at radius 1 is 1.24 bits per heavy atom. The fourth-order valence-electron chi connectivity index (χ4n) is 1.71. The highest BCUT2D eigenvalue weighted by Crippen LogP contribution is 2.23. The largest absolute Gasteiger partial charge is 0.298 e. The summed E-state index contributed by atoms with van der Waals surface area (Å²) in [4.78, 5) is 15.2. The van der Waals surface area contributed by atoms with Gasteiger partial charge in [-0.15, -0.1) is 0 Å². The minimum atomic E-state index is -0.256. The van der Waals surface area contributed by atoms with Crippen LogP contribution < -0.4 is 0 Å². The normalized spacial score (nSPS) is 10.3. The van der Waals surface area contributed by atoms with E-state index in [1.165, 1.54) is 6.07 Å². The van der Waals surface area contributed by atoms with Crippen molar-refractivity contribution >= 4 is 6.29 Å². The Morgan fingerprint density at radius 3 is 2.65 bits per heavy atom. The van der Waals surface area contributed by atoms with Gasteiger partial charge < -0.3 is 0 Å². The van der Waals surface area contributed by atoms with Crippen molar-refractivity contribution < 1.29 is 9.18 Å². The van der Waals surface area contributed by atoms with Crippen LogP contribution in [0.25, 0.3) is 11.3 Å². The van der Waals surface area contributed by atoms with Crippen LogP contribution in [0.4, 0.5) is 4.39 Å². The first kappa shape index (κ1) is 11.5. The third-order valence-corrected chi connectivity index (χ3v) is 2.61.